The first kappa shape index (κ1) is 18.1. The van der Waals surface area contributed by atoms with E-state index in [0.717, 1.165) is 29.7 Å². The summed E-state index contributed by atoms with van der Waals surface area (Å²) < 4.78 is 5.35. The smallest absolute Gasteiger partial charge is 0.191 e. The van der Waals surface area contributed by atoms with Crippen LogP contribution in [-0.4, -0.2) is 26.2 Å². The molecule has 4 nitrogen and oxygen atoms in total. The van der Waals surface area contributed by atoms with Gasteiger partial charge in [-0.05, 0) is 24.8 Å². The largest absolute Gasteiger partial charge is 0.496 e. The monoisotopic (exact) mass is 403 g/mol. The number of methoxy groups -OCH3 is 1. The minimum atomic E-state index is 0. The number of hydrogen-bond acceptors (Lipinski definition) is 2. The number of nitrogens with one attached hydrogen (secondary N) is 2. The van der Waals surface area contributed by atoms with Gasteiger partial charge in [-0.2, -0.15) is 0 Å². The second-order valence-electron chi connectivity index (χ2n) is 5.27. The number of halogens is 1. The fourth-order valence-corrected chi connectivity index (χ4v) is 2.51. The van der Waals surface area contributed by atoms with Crippen molar-refractivity contribution in [2.45, 2.75) is 38.8 Å². The average molecular weight is 403 g/mol. The molecule has 118 valence electrons. The first-order valence-corrected chi connectivity index (χ1v) is 7.37. The lowest BCUT2D eigenvalue weighted by Crippen LogP contribution is -2.38. The predicted molar refractivity (Wildman–Crippen MR) is 98.5 cm³/mol. The number of para-hydroxylation sites is 1. The fraction of sp³-hybridized carbons (Fsp3) is 0.562. The molecule has 0 bridgehead atoms. The number of benzene rings is 1. The van der Waals surface area contributed by atoms with Gasteiger partial charge in [0.2, 0.25) is 0 Å². The zero-order valence-electron chi connectivity index (χ0n) is 13.1. The number of aliphatic imine (C=N–C) groups is 1. The van der Waals surface area contributed by atoms with Crippen molar-refractivity contribution in [3.8, 4) is 5.75 Å². The standard InChI is InChI=1S/C16H25N3O.HI/c1-4-7-12-10-14(12)19-16(17-2)18-11-13-8-5-6-9-15(13)20-3;/h5-6,8-9,12,14H,4,7,10-11H2,1-3H3,(H2,17,18,19);1H. The van der Waals surface area contributed by atoms with Gasteiger partial charge in [0.05, 0.1) is 7.11 Å². The first-order valence-electron chi connectivity index (χ1n) is 7.37. The molecule has 2 rings (SSSR count). The molecule has 5 heteroatoms. The van der Waals surface area contributed by atoms with Crippen molar-refractivity contribution in [3.63, 3.8) is 0 Å². The number of ether oxygens (including phenoxy) is 1. The van der Waals surface area contributed by atoms with E-state index in [2.05, 4.69) is 28.6 Å². The third-order valence-corrected chi connectivity index (χ3v) is 3.77. The van der Waals surface area contributed by atoms with Crippen molar-refractivity contribution in [3.05, 3.63) is 29.8 Å². The van der Waals surface area contributed by atoms with E-state index in [-0.39, 0.29) is 24.0 Å². The summed E-state index contributed by atoms with van der Waals surface area (Å²) in [6.45, 7) is 2.96. The lowest BCUT2D eigenvalue weighted by atomic mass is 10.2. The Morgan fingerprint density at radius 3 is 2.81 bits per heavy atom. The fourth-order valence-electron chi connectivity index (χ4n) is 2.51. The van der Waals surface area contributed by atoms with Crippen molar-refractivity contribution in [2.24, 2.45) is 10.9 Å². The summed E-state index contributed by atoms with van der Waals surface area (Å²) in [4.78, 5) is 4.29. The molecule has 1 aliphatic carbocycles. The molecular weight excluding hydrogens is 377 g/mol. The molecule has 1 aliphatic rings. The first-order chi connectivity index (χ1) is 9.78. The van der Waals surface area contributed by atoms with Gasteiger partial charge in [-0.1, -0.05) is 31.5 Å². The third kappa shape index (κ3) is 5.37. The maximum atomic E-state index is 5.35. The third-order valence-electron chi connectivity index (χ3n) is 3.77. The molecule has 0 amide bonds. The highest BCUT2D eigenvalue weighted by atomic mass is 127. The summed E-state index contributed by atoms with van der Waals surface area (Å²) in [6.07, 6.45) is 3.83. The molecule has 0 radical (unpaired) electrons. The molecule has 0 aliphatic heterocycles. The maximum Gasteiger partial charge on any atom is 0.191 e. The Morgan fingerprint density at radius 1 is 1.38 bits per heavy atom. The Labute approximate surface area is 144 Å². The van der Waals surface area contributed by atoms with Crippen LogP contribution in [0.25, 0.3) is 0 Å². The second-order valence-corrected chi connectivity index (χ2v) is 5.27. The zero-order chi connectivity index (χ0) is 14.4. The number of guanidine groups is 1. The quantitative estimate of drug-likeness (QED) is 0.436. The van der Waals surface area contributed by atoms with Crippen LogP contribution in [0.2, 0.25) is 0 Å². The van der Waals surface area contributed by atoms with Gasteiger partial charge in [0, 0.05) is 25.2 Å². The van der Waals surface area contributed by atoms with Crippen molar-refractivity contribution in [1.29, 1.82) is 0 Å². The lowest BCUT2D eigenvalue weighted by molar-refractivity contribution is 0.409. The Hall–Kier alpha value is -0.980. The van der Waals surface area contributed by atoms with Crippen LogP contribution in [-0.2, 0) is 6.54 Å². The summed E-state index contributed by atoms with van der Waals surface area (Å²) in [5.41, 5.74) is 1.14. The summed E-state index contributed by atoms with van der Waals surface area (Å²) in [7, 11) is 3.51. The van der Waals surface area contributed by atoms with E-state index in [1.54, 1.807) is 7.11 Å². The molecule has 21 heavy (non-hydrogen) atoms. The lowest BCUT2D eigenvalue weighted by Gasteiger charge is -2.13. The molecule has 1 saturated carbocycles. The average Bonchev–Trinajstić information content (AvgIpc) is 3.22. The molecule has 0 heterocycles. The van der Waals surface area contributed by atoms with Crippen molar-refractivity contribution < 1.29 is 4.74 Å². The molecular formula is C16H26IN3O. The van der Waals surface area contributed by atoms with Gasteiger partial charge in [-0.3, -0.25) is 4.99 Å². The van der Waals surface area contributed by atoms with Crippen LogP contribution in [0, 0.1) is 5.92 Å². The van der Waals surface area contributed by atoms with Crippen molar-refractivity contribution in [2.75, 3.05) is 14.2 Å². The second kappa shape index (κ2) is 9.12. The predicted octanol–water partition coefficient (Wildman–Crippen LogP) is 3.17. The summed E-state index contributed by atoms with van der Waals surface area (Å²) in [5, 5.41) is 6.83. The van der Waals surface area contributed by atoms with E-state index < -0.39 is 0 Å². The van der Waals surface area contributed by atoms with Crippen LogP contribution in [0.1, 0.15) is 31.7 Å². The summed E-state index contributed by atoms with van der Waals surface area (Å²) >= 11 is 0. The minimum Gasteiger partial charge on any atom is -0.496 e. The summed E-state index contributed by atoms with van der Waals surface area (Å²) in [5.74, 6) is 2.61. The van der Waals surface area contributed by atoms with Crippen molar-refractivity contribution in [1.82, 2.24) is 10.6 Å². The van der Waals surface area contributed by atoms with Crippen LogP contribution in [0.15, 0.2) is 29.3 Å². The normalized spacial score (nSPS) is 20.4. The zero-order valence-corrected chi connectivity index (χ0v) is 15.4. The SMILES string of the molecule is CCCC1CC1NC(=NC)NCc1ccccc1OC.I. The Kier molecular flexibility index (Phi) is 7.85. The van der Waals surface area contributed by atoms with Gasteiger partial charge in [-0.15, -0.1) is 24.0 Å². The van der Waals surface area contributed by atoms with Crippen LogP contribution >= 0.6 is 24.0 Å². The van der Waals surface area contributed by atoms with E-state index in [1.807, 2.05) is 25.2 Å². The van der Waals surface area contributed by atoms with Gasteiger partial charge in [-0.25, -0.2) is 0 Å². The van der Waals surface area contributed by atoms with Gasteiger partial charge in [0.15, 0.2) is 5.96 Å². The van der Waals surface area contributed by atoms with E-state index in [1.165, 1.54) is 19.3 Å². The topological polar surface area (TPSA) is 45.7 Å². The number of rotatable bonds is 6. The van der Waals surface area contributed by atoms with Gasteiger partial charge in [0.25, 0.3) is 0 Å². The van der Waals surface area contributed by atoms with Crippen LogP contribution in [0.3, 0.4) is 0 Å². The van der Waals surface area contributed by atoms with E-state index >= 15 is 0 Å². The van der Waals surface area contributed by atoms with Crippen LogP contribution in [0.4, 0.5) is 0 Å². The van der Waals surface area contributed by atoms with Gasteiger partial charge < -0.3 is 15.4 Å². The van der Waals surface area contributed by atoms with Crippen LogP contribution < -0.4 is 15.4 Å². The molecule has 0 spiro atoms. The highest BCUT2D eigenvalue weighted by Crippen LogP contribution is 2.34. The molecule has 1 aromatic rings. The molecule has 2 N–H and O–H groups in total. The van der Waals surface area contributed by atoms with Gasteiger partial charge >= 0.3 is 0 Å². The highest BCUT2D eigenvalue weighted by molar-refractivity contribution is 14.0. The minimum absolute atomic E-state index is 0. The Morgan fingerprint density at radius 2 is 2.14 bits per heavy atom. The molecule has 0 saturated heterocycles. The molecule has 1 fully saturated rings. The molecule has 1 aromatic carbocycles. The van der Waals surface area contributed by atoms with E-state index in [4.69, 9.17) is 4.74 Å². The molecule has 2 unspecified atom stereocenters. The molecule has 0 aromatic heterocycles. The van der Waals surface area contributed by atoms with Crippen LogP contribution in [0.5, 0.6) is 5.75 Å². The highest BCUT2D eigenvalue weighted by Gasteiger charge is 2.36. The maximum absolute atomic E-state index is 5.35. The molecule has 2 atom stereocenters. The Bertz CT molecular complexity index is 465. The Balaban J connectivity index is 0.00000220. The van der Waals surface area contributed by atoms with Gasteiger partial charge in [0.1, 0.15) is 5.75 Å². The van der Waals surface area contributed by atoms with E-state index in [9.17, 15) is 0 Å². The van der Waals surface area contributed by atoms with Crippen molar-refractivity contribution >= 4 is 29.9 Å². The number of hydrogen-bond donors (Lipinski definition) is 2. The number of nitrogens with zero attached hydrogens (tertiary/aromatic N) is 1. The van der Waals surface area contributed by atoms with E-state index in [0.29, 0.717) is 6.04 Å². The summed E-state index contributed by atoms with van der Waals surface area (Å²) in [6, 6.07) is 8.64.